The van der Waals surface area contributed by atoms with Crippen molar-refractivity contribution in [2.24, 2.45) is 11.7 Å². The number of fused-ring (bicyclic) bond motifs is 2. The molecule has 0 bridgehead atoms. The summed E-state index contributed by atoms with van der Waals surface area (Å²) in [4.78, 5) is 29.5. The number of piperidine rings is 1. The molecule has 1 spiro atoms. The summed E-state index contributed by atoms with van der Waals surface area (Å²) in [6.07, 6.45) is 2.67. The molecule has 1 saturated carbocycles. The number of carbonyl (C=O) groups is 2. The van der Waals surface area contributed by atoms with E-state index in [0.717, 1.165) is 11.3 Å². The first-order valence-electron chi connectivity index (χ1n) is 9.54. The molecule has 1 aromatic carbocycles. The van der Waals surface area contributed by atoms with Crippen LogP contribution in [0.4, 0.5) is 5.69 Å². The van der Waals surface area contributed by atoms with Crippen LogP contribution in [0.2, 0.25) is 0 Å². The van der Waals surface area contributed by atoms with E-state index in [1.165, 1.54) is 0 Å². The molecule has 0 unspecified atom stereocenters. The summed E-state index contributed by atoms with van der Waals surface area (Å²) in [5.74, 6) is 0.180. The minimum absolute atomic E-state index is 0.100. The molecule has 3 atom stereocenters. The number of para-hydroxylation sites is 1. The van der Waals surface area contributed by atoms with Gasteiger partial charge in [0.05, 0.1) is 11.5 Å². The van der Waals surface area contributed by atoms with Crippen molar-refractivity contribution in [3.05, 3.63) is 29.8 Å². The van der Waals surface area contributed by atoms with Gasteiger partial charge < -0.3 is 20.6 Å². The van der Waals surface area contributed by atoms with Gasteiger partial charge in [-0.1, -0.05) is 18.2 Å². The number of likely N-dealkylation sites (N-methyl/N-ethyl adjacent to an activating group) is 1. The largest absolute Gasteiger partial charge is 0.392 e. The summed E-state index contributed by atoms with van der Waals surface area (Å²) in [7, 11) is 1.84. The van der Waals surface area contributed by atoms with E-state index >= 15 is 0 Å². The standard InChI is InChI=1S/C20H27N3O3/c1-22-16-5-3-2-4-14(16)20(19(22)26)8-10-23(11-9-20)18(25)13-6-7-17(24)15(21)12-13/h2-5,13,15,17,24H,6-12,21H2,1H3/t13-,15+,17+/m0/s1. The Balaban J connectivity index is 1.48. The highest BCUT2D eigenvalue weighted by Crippen LogP contribution is 2.47. The van der Waals surface area contributed by atoms with E-state index in [4.69, 9.17) is 5.73 Å². The molecule has 2 aliphatic heterocycles. The molecule has 0 radical (unpaired) electrons. The number of hydrogen-bond donors (Lipinski definition) is 2. The van der Waals surface area contributed by atoms with E-state index in [-0.39, 0.29) is 23.8 Å². The van der Waals surface area contributed by atoms with Crippen molar-refractivity contribution in [2.45, 2.75) is 49.7 Å². The van der Waals surface area contributed by atoms with E-state index in [2.05, 4.69) is 6.07 Å². The zero-order valence-corrected chi connectivity index (χ0v) is 15.2. The van der Waals surface area contributed by atoms with E-state index in [1.807, 2.05) is 30.1 Å². The lowest BCUT2D eigenvalue weighted by atomic mass is 9.73. The van der Waals surface area contributed by atoms with Gasteiger partial charge in [-0.25, -0.2) is 0 Å². The molecule has 6 nitrogen and oxygen atoms in total. The SMILES string of the molecule is CN1C(=O)C2(CCN(C(=O)[C@H]3CC[C@@H](O)[C@H](N)C3)CC2)c2ccccc21. The predicted molar refractivity (Wildman–Crippen MR) is 98.7 cm³/mol. The molecule has 1 saturated heterocycles. The number of likely N-dealkylation sites (tertiary alicyclic amines) is 1. The number of nitrogens with two attached hydrogens (primary N) is 1. The van der Waals surface area contributed by atoms with Crippen molar-refractivity contribution in [3.63, 3.8) is 0 Å². The fourth-order valence-electron chi connectivity index (χ4n) is 4.98. The fraction of sp³-hybridized carbons (Fsp3) is 0.600. The Morgan fingerprint density at radius 2 is 1.92 bits per heavy atom. The predicted octanol–water partition coefficient (Wildman–Crippen LogP) is 1.01. The van der Waals surface area contributed by atoms with Gasteiger partial charge in [-0.05, 0) is 43.7 Å². The molecule has 3 aliphatic rings. The van der Waals surface area contributed by atoms with Crippen molar-refractivity contribution in [1.82, 2.24) is 4.90 Å². The summed E-state index contributed by atoms with van der Waals surface area (Å²) in [6, 6.07) is 7.68. The average molecular weight is 357 g/mol. The maximum absolute atomic E-state index is 13.0. The molecule has 1 aromatic rings. The van der Waals surface area contributed by atoms with Crippen LogP contribution in [0.3, 0.4) is 0 Å². The molecule has 2 amide bonds. The third-order valence-electron chi connectivity index (χ3n) is 6.63. The fourth-order valence-corrected chi connectivity index (χ4v) is 4.98. The lowest BCUT2D eigenvalue weighted by Gasteiger charge is -2.40. The number of rotatable bonds is 1. The number of carbonyl (C=O) groups excluding carboxylic acids is 2. The minimum atomic E-state index is -0.494. The summed E-state index contributed by atoms with van der Waals surface area (Å²) in [6.45, 7) is 1.20. The second-order valence-electron chi connectivity index (χ2n) is 8.03. The molecular formula is C20H27N3O3. The van der Waals surface area contributed by atoms with Gasteiger partial charge in [-0.2, -0.15) is 0 Å². The van der Waals surface area contributed by atoms with Gasteiger partial charge in [0.1, 0.15) is 0 Å². The van der Waals surface area contributed by atoms with Crippen LogP contribution in [0.1, 0.15) is 37.7 Å². The van der Waals surface area contributed by atoms with Crippen LogP contribution in [-0.2, 0) is 15.0 Å². The number of amides is 2. The Hall–Kier alpha value is -1.92. The van der Waals surface area contributed by atoms with Gasteiger partial charge in [-0.3, -0.25) is 9.59 Å². The molecule has 1 aliphatic carbocycles. The van der Waals surface area contributed by atoms with Gasteiger partial charge in [-0.15, -0.1) is 0 Å². The lowest BCUT2D eigenvalue weighted by molar-refractivity contribution is -0.141. The third kappa shape index (κ3) is 2.55. The van der Waals surface area contributed by atoms with Crippen molar-refractivity contribution >= 4 is 17.5 Å². The highest BCUT2D eigenvalue weighted by Gasteiger charge is 2.51. The van der Waals surface area contributed by atoms with Crippen LogP contribution in [-0.4, -0.2) is 54.1 Å². The number of hydrogen-bond acceptors (Lipinski definition) is 4. The smallest absolute Gasteiger partial charge is 0.237 e. The van der Waals surface area contributed by atoms with Crippen molar-refractivity contribution in [2.75, 3.05) is 25.0 Å². The molecule has 2 heterocycles. The van der Waals surface area contributed by atoms with Gasteiger partial charge >= 0.3 is 0 Å². The van der Waals surface area contributed by atoms with E-state index in [9.17, 15) is 14.7 Å². The number of benzene rings is 1. The Kier molecular flexibility index (Phi) is 4.28. The van der Waals surface area contributed by atoms with Gasteiger partial charge in [0.25, 0.3) is 0 Å². The molecule has 26 heavy (non-hydrogen) atoms. The molecule has 6 heteroatoms. The average Bonchev–Trinajstić information content (AvgIpc) is 2.87. The molecule has 2 fully saturated rings. The van der Waals surface area contributed by atoms with Gasteiger partial charge in [0, 0.05) is 37.8 Å². The summed E-state index contributed by atoms with van der Waals surface area (Å²) < 4.78 is 0. The van der Waals surface area contributed by atoms with Crippen LogP contribution in [0, 0.1) is 5.92 Å². The normalized spacial score (nSPS) is 30.6. The first kappa shape index (κ1) is 17.5. The van der Waals surface area contributed by atoms with Gasteiger partial charge in [0.2, 0.25) is 11.8 Å². The Labute approximate surface area is 153 Å². The van der Waals surface area contributed by atoms with E-state index in [0.29, 0.717) is 45.2 Å². The first-order valence-corrected chi connectivity index (χ1v) is 9.54. The quantitative estimate of drug-likeness (QED) is 0.785. The van der Waals surface area contributed by atoms with Crippen molar-refractivity contribution in [1.29, 1.82) is 0 Å². The third-order valence-corrected chi connectivity index (χ3v) is 6.63. The highest BCUT2D eigenvalue weighted by atomic mass is 16.3. The Bertz CT molecular complexity index is 727. The number of aliphatic hydroxyl groups excluding tert-OH is 1. The van der Waals surface area contributed by atoms with Crippen LogP contribution in [0.5, 0.6) is 0 Å². The first-order chi connectivity index (χ1) is 12.4. The number of nitrogens with zero attached hydrogens (tertiary/aromatic N) is 2. The van der Waals surface area contributed by atoms with Crippen molar-refractivity contribution in [3.8, 4) is 0 Å². The zero-order chi connectivity index (χ0) is 18.5. The summed E-state index contributed by atoms with van der Waals surface area (Å²) >= 11 is 0. The summed E-state index contributed by atoms with van der Waals surface area (Å²) in [5, 5.41) is 9.78. The summed E-state index contributed by atoms with van der Waals surface area (Å²) in [5.41, 5.74) is 7.55. The molecule has 4 rings (SSSR count). The molecule has 3 N–H and O–H groups in total. The monoisotopic (exact) mass is 357 g/mol. The topological polar surface area (TPSA) is 86.9 Å². The van der Waals surface area contributed by atoms with Gasteiger partial charge in [0.15, 0.2) is 0 Å². The zero-order valence-electron chi connectivity index (χ0n) is 15.2. The van der Waals surface area contributed by atoms with Crippen molar-refractivity contribution < 1.29 is 14.7 Å². The van der Waals surface area contributed by atoms with Crippen LogP contribution < -0.4 is 10.6 Å². The van der Waals surface area contributed by atoms with E-state index < -0.39 is 11.5 Å². The Morgan fingerprint density at radius 3 is 2.62 bits per heavy atom. The van der Waals surface area contributed by atoms with Crippen LogP contribution in [0.15, 0.2) is 24.3 Å². The van der Waals surface area contributed by atoms with E-state index in [1.54, 1.807) is 4.90 Å². The Morgan fingerprint density at radius 1 is 1.23 bits per heavy atom. The second kappa shape index (κ2) is 6.35. The van der Waals surface area contributed by atoms with Crippen LogP contribution >= 0.6 is 0 Å². The number of anilines is 1. The molecule has 0 aromatic heterocycles. The molecule has 140 valence electrons. The minimum Gasteiger partial charge on any atom is -0.392 e. The highest BCUT2D eigenvalue weighted by molar-refractivity contribution is 6.07. The molecular weight excluding hydrogens is 330 g/mol. The lowest BCUT2D eigenvalue weighted by Crippen LogP contribution is -2.52. The number of aliphatic hydroxyl groups is 1. The maximum Gasteiger partial charge on any atom is 0.237 e. The van der Waals surface area contributed by atoms with Crippen LogP contribution in [0.25, 0.3) is 0 Å². The maximum atomic E-state index is 13.0. The second-order valence-corrected chi connectivity index (χ2v) is 8.03.